The van der Waals surface area contributed by atoms with E-state index in [0.29, 0.717) is 6.61 Å². The lowest BCUT2D eigenvalue weighted by atomic mass is 10.4. The maximum absolute atomic E-state index is 10.7. The van der Waals surface area contributed by atoms with Gasteiger partial charge in [-0.25, -0.2) is 4.79 Å². The summed E-state index contributed by atoms with van der Waals surface area (Å²) >= 11 is 0. The molecule has 0 heterocycles. The third kappa shape index (κ3) is 3.95. The molecule has 0 saturated carbocycles. The summed E-state index contributed by atoms with van der Waals surface area (Å²) in [6, 6.07) is 0. The number of hydrogen-bond acceptors (Lipinski definition) is 3. The van der Waals surface area contributed by atoms with Crippen LogP contribution in [-0.2, 0) is 9.53 Å². The van der Waals surface area contributed by atoms with Gasteiger partial charge in [0, 0.05) is 18.8 Å². The summed E-state index contributed by atoms with van der Waals surface area (Å²) in [7, 11) is 1.76. The van der Waals surface area contributed by atoms with Gasteiger partial charge in [-0.2, -0.15) is 0 Å². The molecule has 0 atom stereocenters. The second-order valence-corrected chi connectivity index (χ2v) is 1.83. The predicted octanol–water partition coefficient (Wildman–Crippen LogP) is 0.673. The second kappa shape index (κ2) is 4.85. The van der Waals surface area contributed by atoms with Crippen molar-refractivity contribution in [2.24, 2.45) is 0 Å². The van der Waals surface area contributed by atoms with Crippen molar-refractivity contribution in [3.8, 4) is 0 Å². The Kier molecular flexibility index (Phi) is 4.37. The van der Waals surface area contributed by atoms with Crippen LogP contribution >= 0.6 is 0 Å². The van der Waals surface area contributed by atoms with E-state index in [2.05, 4.69) is 10.1 Å². The molecule has 0 aromatic rings. The Labute approximate surface area is 61.1 Å². The molecule has 0 spiro atoms. The molecule has 0 saturated heterocycles. The quantitative estimate of drug-likeness (QED) is 0.466. The second-order valence-electron chi connectivity index (χ2n) is 1.83. The number of ether oxygens (including phenoxy) is 1. The van der Waals surface area contributed by atoms with Gasteiger partial charge in [0.1, 0.15) is 0 Å². The van der Waals surface area contributed by atoms with Gasteiger partial charge in [-0.05, 0) is 13.8 Å². The number of allylic oxidation sites excluding steroid dienone is 1. The van der Waals surface area contributed by atoms with Gasteiger partial charge >= 0.3 is 5.97 Å². The molecule has 0 fully saturated rings. The van der Waals surface area contributed by atoms with Crippen molar-refractivity contribution in [1.82, 2.24) is 5.32 Å². The molecule has 3 heteroatoms. The largest absolute Gasteiger partial charge is 0.463 e. The van der Waals surface area contributed by atoms with Gasteiger partial charge in [0.05, 0.1) is 6.61 Å². The molecule has 3 nitrogen and oxygen atoms in total. The Morgan fingerprint density at radius 1 is 1.70 bits per heavy atom. The van der Waals surface area contributed by atoms with Crippen molar-refractivity contribution in [3.63, 3.8) is 0 Å². The monoisotopic (exact) mass is 143 g/mol. The highest BCUT2D eigenvalue weighted by Crippen LogP contribution is 1.86. The van der Waals surface area contributed by atoms with E-state index in [1.54, 1.807) is 20.9 Å². The Hall–Kier alpha value is -0.990. The van der Waals surface area contributed by atoms with Crippen LogP contribution in [0.4, 0.5) is 0 Å². The smallest absolute Gasteiger partial charge is 0.332 e. The molecular formula is C7H13NO2. The molecule has 0 aromatic carbocycles. The summed E-state index contributed by atoms with van der Waals surface area (Å²) in [5, 5.41) is 2.81. The number of rotatable bonds is 3. The fourth-order valence-electron chi connectivity index (χ4n) is 0.433. The first-order valence-electron chi connectivity index (χ1n) is 3.23. The predicted molar refractivity (Wildman–Crippen MR) is 39.4 cm³/mol. The molecule has 0 aliphatic heterocycles. The topological polar surface area (TPSA) is 38.3 Å². The average Bonchev–Trinajstić information content (AvgIpc) is 1.88. The van der Waals surface area contributed by atoms with Crippen LogP contribution in [0.1, 0.15) is 13.8 Å². The number of carbonyl (C=O) groups is 1. The normalized spacial score (nSPS) is 10.9. The Bertz CT molecular complexity index is 141. The van der Waals surface area contributed by atoms with E-state index < -0.39 is 0 Å². The highest BCUT2D eigenvalue weighted by Gasteiger charge is 1.94. The van der Waals surface area contributed by atoms with Gasteiger partial charge in [-0.15, -0.1) is 0 Å². The zero-order valence-electron chi connectivity index (χ0n) is 6.60. The lowest BCUT2D eigenvalue weighted by Crippen LogP contribution is -2.07. The van der Waals surface area contributed by atoms with Crippen LogP contribution in [0.25, 0.3) is 0 Å². The van der Waals surface area contributed by atoms with Crippen LogP contribution in [0.3, 0.4) is 0 Å². The van der Waals surface area contributed by atoms with E-state index in [9.17, 15) is 4.79 Å². The summed E-state index contributed by atoms with van der Waals surface area (Å²) in [6.45, 7) is 4.00. The number of carbonyl (C=O) groups excluding carboxylic acids is 1. The summed E-state index contributed by atoms with van der Waals surface area (Å²) in [6.07, 6.45) is 1.42. The van der Waals surface area contributed by atoms with E-state index in [0.717, 1.165) is 5.70 Å². The molecule has 0 bridgehead atoms. The van der Waals surface area contributed by atoms with Crippen LogP contribution in [0.15, 0.2) is 11.8 Å². The summed E-state index contributed by atoms with van der Waals surface area (Å²) in [5.74, 6) is -0.297. The first-order valence-corrected chi connectivity index (χ1v) is 3.23. The minimum atomic E-state index is -0.297. The fraction of sp³-hybridized carbons (Fsp3) is 0.571. The average molecular weight is 143 g/mol. The van der Waals surface area contributed by atoms with E-state index in [4.69, 9.17) is 0 Å². The third-order valence-electron chi connectivity index (χ3n) is 1.02. The van der Waals surface area contributed by atoms with Gasteiger partial charge in [0.2, 0.25) is 0 Å². The minimum absolute atomic E-state index is 0.297. The number of nitrogens with one attached hydrogen (secondary N) is 1. The van der Waals surface area contributed by atoms with Gasteiger partial charge in [-0.3, -0.25) is 0 Å². The van der Waals surface area contributed by atoms with Crippen molar-refractivity contribution in [3.05, 3.63) is 11.8 Å². The first-order chi connectivity index (χ1) is 4.70. The van der Waals surface area contributed by atoms with Crippen molar-refractivity contribution >= 4 is 5.97 Å². The van der Waals surface area contributed by atoms with Crippen LogP contribution in [0, 0.1) is 0 Å². The molecular weight excluding hydrogens is 130 g/mol. The van der Waals surface area contributed by atoms with Crippen molar-refractivity contribution in [1.29, 1.82) is 0 Å². The molecule has 0 aliphatic carbocycles. The number of hydrogen-bond donors (Lipinski definition) is 1. The molecule has 0 aliphatic rings. The fourth-order valence-corrected chi connectivity index (χ4v) is 0.433. The molecule has 0 rings (SSSR count). The zero-order chi connectivity index (χ0) is 7.98. The molecule has 58 valence electrons. The van der Waals surface area contributed by atoms with Gasteiger partial charge in [0.25, 0.3) is 0 Å². The van der Waals surface area contributed by atoms with Crippen molar-refractivity contribution in [2.75, 3.05) is 13.7 Å². The van der Waals surface area contributed by atoms with E-state index in [1.807, 2.05) is 0 Å². The summed E-state index contributed by atoms with van der Waals surface area (Å²) in [4.78, 5) is 10.7. The molecule has 0 radical (unpaired) electrons. The SMILES string of the molecule is CCOC(=O)/C=C(/C)NC. The van der Waals surface area contributed by atoms with E-state index >= 15 is 0 Å². The van der Waals surface area contributed by atoms with Gasteiger partial charge < -0.3 is 10.1 Å². The maximum atomic E-state index is 10.7. The standard InChI is InChI=1S/C7H13NO2/c1-4-10-7(9)5-6(2)8-3/h5,8H,4H2,1-3H3/b6-5-. The highest BCUT2D eigenvalue weighted by molar-refractivity contribution is 5.82. The summed E-state index contributed by atoms with van der Waals surface area (Å²) < 4.78 is 4.66. The Morgan fingerprint density at radius 3 is 2.70 bits per heavy atom. The summed E-state index contributed by atoms with van der Waals surface area (Å²) in [5.41, 5.74) is 0.804. The minimum Gasteiger partial charge on any atom is -0.463 e. The molecule has 10 heavy (non-hydrogen) atoms. The Balaban J connectivity index is 3.75. The Morgan fingerprint density at radius 2 is 2.30 bits per heavy atom. The van der Waals surface area contributed by atoms with Gasteiger partial charge in [-0.1, -0.05) is 0 Å². The molecule has 1 N–H and O–H groups in total. The first kappa shape index (κ1) is 9.01. The van der Waals surface area contributed by atoms with E-state index in [-0.39, 0.29) is 5.97 Å². The van der Waals surface area contributed by atoms with E-state index in [1.165, 1.54) is 6.08 Å². The van der Waals surface area contributed by atoms with Crippen LogP contribution < -0.4 is 5.32 Å². The van der Waals surface area contributed by atoms with Gasteiger partial charge in [0.15, 0.2) is 0 Å². The lowest BCUT2D eigenvalue weighted by molar-refractivity contribution is -0.137. The van der Waals surface area contributed by atoms with Crippen LogP contribution in [-0.4, -0.2) is 19.6 Å². The van der Waals surface area contributed by atoms with Crippen LogP contribution in [0.2, 0.25) is 0 Å². The van der Waals surface area contributed by atoms with Crippen molar-refractivity contribution < 1.29 is 9.53 Å². The maximum Gasteiger partial charge on any atom is 0.332 e. The van der Waals surface area contributed by atoms with Crippen molar-refractivity contribution in [2.45, 2.75) is 13.8 Å². The number of esters is 1. The lowest BCUT2D eigenvalue weighted by Gasteiger charge is -1.98. The highest BCUT2D eigenvalue weighted by atomic mass is 16.5. The third-order valence-corrected chi connectivity index (χ3v) is 1.02. The molecule has 0 amide bonds. The molecule has 0 unspecified atom stereocenters. The molecule has 0 aromatic heterocycles. The zero-order valence-corrected chi connectivity index (χ0v) is 6.60. The van der Waals surface area contributed by atoms with Crippen LogP contribution in [0.5, 0.6) is 0 Å².